The molecule has 5 heteroatoms. The molecule has 1 aliphatic rings. The summed E-state index contributed by atoms with van der Waals surface area (Å²) in [6.07, 6.45) is 1.45. The summed E-state index contributed by atoms with van der Waals surface area (Å²) >= 11 is 0. The third-order valence-corrected chi connectivity index (χ3v) is 3.79. The monoisotopic (exact) mass is 271 g/mol. The summed E-state index contributed by atoms with van der Waals surface area (Å²) in [5, 5.41) is 3.09. The van der Waals surface area contributed by atoms with E-state index in [1.165, 1.54) is 0 Å². The van der Waals surface area contributed by atoms with Crippen molar-refractivity contribution in [2.45, 2.75) is 26.7 Å². The molecule has 1 aliphatic heterocycles. The van der Waals surface area contributed by atoms with E-state index in [0.717, 1.165) is 19.4 Å². The molecule has 0 atom stereocenters. The van der Waals surface area contributed by atoms with Crippen LogP contribution in [-0.2, 0) is 9.53 Å². The van der Waals surface area contributed by atoms with Crippen LogP contribution >= 0.6 is 0 Å². The maximum Gasteiger partial charge on any atom is 0.227 e. The molecule has 19 heavy (non-hydrogen) atoms. The first-order valence-corrected chi connectivity index (χ1v) is 7.02. The largest absolute Gasteiger partial charge is 0.381 e. The van der Waals surface area contributed by atoms with Crippen LogP contribution in [0.5, 0.6) is 0 Å². The molecule has 0 aliphatic carbocycles. The van der Waals surface area contributed by atoms with Gasteiger partial charge in [-0.2, -0.15) is 0 Å². The average molecular weight is 271 g/mol. The average Bonchev–Trinajstić information content (AvgIpc) is 2.35. The molecule has 0 spiro atoms. The maximum absolute atomic E-state index is 12.4. The molecule has 5 nitrogen and oxygen atoms in total. The Morgan fingerprint density at radius 3 is 2.42 bits per heavy atom. The molecular formula is C14H29N3O2. The minimum Gasteiger partial charge on any atom is -0.381 e. The Kier molecular flexibility index (Phi) is 5.77. The second-order valence-corrected chi connectivity index (χ2v) is 6.68. The van der Waals surface area contributed by atoms with E-state index < -0.39 is 5.41 Å². The van der Waals surface area contributed by atoms with Crippen LogP contribution in [0.4, 0.5) is 0 Å². The van der Waals surface area contributed by atoms with E-state index in [9.17, 15) is 4.79 Å². The van der Waals surface area contributed by atoms with E-state index in [2.05, 4.69) is 24.1 Å². The van der Waals surface area contributed by atoms with Crippen molar-refractivity contribution in [2.75, 3.05) is 46.9 Å². The molecule has 0 aromatic rings. The molecule has 1 rings (SSSR count). The van der Waals surface area contributed by atoms with E-state index in [1.54, 1.807) is 0 Å². The second-order valence-electron chi connectivity index (χ2n) is 6.68. The van der Waals surface area contributed by atoms with E-state index in [4.69, 9.17) is 10.5 Å². The van der Waals surface area contributed by atoms with Gasteiger partial charge in [-0.25, -0.2) is 0 Å². The Hall–Kier alpha value is -0.650. The van der Waals surface area contributed by atoms with Gasteiger partial charge in [0.25, 0.3) is 0 Å². The molecule has 0 aromatic heterocycles. The van der Waals surface area contributed by atoms with Crippen LogP contribution in [0, 0.1) is 10.8 Å². The Morgan fingerprint density at radius 2 is 1.95 bits per heavy atom. The quantitative estimate of drug-likeness (QED) is 0.736. The highest BCUT2D eigenvalue weighted by atomic mass is 16.5. The van der Waals surface area contributed by atoms with Crippen molar-refractivity contribution in [3.8, 4) is 0 Å². The Morgan fingerprint density at radius 1 is 1.37 bits per heavy atom. The van der Waals surface area contributed by atoms with Gasteiger partial charge in [0.1, 0.15) is 0 Å². The maximum atomic E-state index is 12.4. The summed E-state index contributed by atoms with van der Waals surface area (Å²) in [4.78, 5) is 14.6. The van der Waals surface area contributed by atoms with Crippen molar-refractivity contribution in [1.29, 1.82) is 0 Å². The third kappa shape index (κ3) is 4.75. The molecular weight excluding hydrogens is 242 g/mol. The number of nitrogens with one attached hydrogen (secondary N) is 1. The highest BCUT2D eigenvalue weighted by Crippen LogP contribution is 2.29. The summed E-state index contributed by atoms with van der Waals surface area (Å²) in [5.41, 5.74) is 5.47. The lowest BCUT2D eigenvalue weighted by Gasteiger charge is -2.36. The van der Waals surface area contributed by atoms with Crippen molar-refractivity contribution >= 4 is 5.91 Å². The Labute approximate surface area is 116 Å². The van der Waals surface area contributed by atoms with Gasteiger partial charge >= 0.3 is 0 Å². The van der Waals surface area contributed by atoms with Crippen LogP contribution in [0.1, 0.15) is 26.7 Å². The van der Waals surface area contributed by atoms with E-state index in [1.807, 2.05) is 14.1 Å². The summed E-state index contributed by atoms with van der Waals surface area (Å²) in [6, 6.07) is 0. The highest BCUT2D eigenvalue weighted by molar-refractivity contribution is 5.83. The summed E-state index contributed by atoms with van der Waals surface area (Å²) in [6.45, 7) is 7.59. The van der Waals surface area contributed by atoms with Crippen molar-refractivity contribution in [2.24, 2.45) is 16.6 Å². The number of amides is 1. The standard InChI is InChI=1S/C14H29N3O2/c1-13(2,11-17(3)4)10-16-12(18)14(9-15)5-7-19-8-6-14/h5-11,15H2,1-4H3,(H,16,18). The fourth-order valence-corrected chi connectivity index (χ4v) is 2.71. The number of rotatable bonds is 6. The van der Waals surface area contributed by atoms with Crippen LogP contribution in [0.25, 0.3) is 0 Å². The smallest absolute Gasteiger partial charge is 0.227 e. The molecule has 0 bridgehead atoms. The number of hydrogen-bond acceptors (Lipinski definition) is 4. The molecule has 3 N–H and O–H groups in total. The van der Waals surface area contributed by atoms with Gasteiger partial charge in [-0.1, -0.05) is 13.8 Å². The van der Waals surface area contributed by atoms with Crippen molar-refractivity contribution < 1.29 is 9.53 Å². The topological polar surface area (TPSA) is 67.6 Å². The van der Waals surface area contributed by atoms with E-state index in [-0.39, 0.29) is 11.3 Å². The van der Waals surface area contributed by atoms with Crippen LogP contribution in [0.3, 0.4) is 0 Å². The molecule has 0 unspecified atom stereocenters. The van der Waals surface area contributed by atoms with Crippen molar-refractivity contribution in [3.63, 3.8) is 0 Å². The van der Waals surface area contributed by atoms with Gasteiger partial charge in [-0.05, 0) is 32.4 Å². The number of carbonyl (C=O) groups is 1. The SMILES string of the molecule is CN(C)CC(C)(C)CNC(=O)C1(CN)CCOCC1. The second kappa shape index (κ2) is 6.68. The number of nitrogens with two attached hydrogens (primary N) is 1. The molecule has 112 valence electrons. The number of nitrogens with zero attached hydrogens (tertiary/aromatic N) is 1. The first-order valence-electron chi connectivity index (χ1n) is 7.02. The van der Waals surface area contributed by atoms with Gasteiger partial charge in [0, 0.05) is 32.8 Å². The third-order valence-electron chi connectivity index (χ3n) is 3.79. The number of carbonyl (C=O) groups excluding carboxylic acids is 1. The van der Waals surface area contributed by atoms with Gasteiger partial charge in [-0.15, -0.1) is 0 Å². The molecule has 1 heterocycles. The van der Waals surface area contributed by atoms with E-state index >= 15 is 0 Å². The number of hydrogen-bond donors (Lipinski definition) is 2. The molecule has 1 fully saturated rings. The lowest BCUT2D eigenvalue weighted by Crippen LogP contribution is -2.51. The normalized spacial score (nSPS) is 19.5. The summed E-state index contributed by atoms with van der Waals surface area (Å²) in [5.74, 6) is 0.0881. The lowest BCUT2D eigenvalue weighted by molar-refractivity contribution is -0.136. The predicted molar refractivity (Wildman–Crippen MR) is 76.9 cm³/mol. The predicted octanol–water partition coefficient (Wildman–Crippen LogP) is 0.446. The van der Waals surface area contributed by atoms with Crippen molar-refractivity contribution in [3.05, 3.63) is 0 Å². The summed E-state index contributed by atoms with van der Waals surface area (Å²) in [7, 11) is 4.09. The summed E-state index contributed by atoms with van der Waals surface area (Å²) < 4.78 is 5.33. The van der Waals surface area contributed by atoms with Crippen molar-refractivity contribution in [1.82, 2.24) is 10.2 Å². The van der Waals surface area contributed by atoms with Gasteiger partial charge in [0.15, 0.2) is 0 Å². The van der Waals surface area contributed by atoms with Crippen LogP contribution in [-0.4, -0.2) is 57.8 Å². The van der Waals surface area contributed by atoms with Crippen LogP contribution < -0.4 is 11.1 Å². The minimum atomic E-state index is -0.424. The first-order chi connectivity index (χ1) is 8.81. The number of ether oxygens (including phenoxy) is 1. The van der Waals surface area contributed by atoms with Gasteiger partial charge in [-0.3, -0.25) is 4.79 Å². The first kappa shape index (κ1) is 16.4. The molecule has 1 saturated heterocycles. The fourth-order valence-electron chi connectivity index (χ4n) is 2.71. The highest BCUT2D eigenvalue weighted by Gasteiger charge is 2.39. The molecule has 0 radical (unpaired) electrons. The lowest BCUT2D eigenvalue weighted by atomic mass is 9.79. The van der Waals surface area contributed by atoms with Crippen LogP contribution in [0.15, 0.2) is 0 Å². The zero-order chi connectivity index (χ0) is 14.5. The molecule has 0 aromatic carbocycles. The van der Waals surface area contributed by atoms with Gasteiger partial charge in [0.2, 0.25) is 5.91 Å². The zero-order valence-corrected chi connectivity index (χ0v) is 12.8. The van der Waals surface area contributed by atoms with E-state index in [0.29, 0.717) is 26.3 Å². The molecule has 1 amide bonds. The van der Waals surface area contributed by atoms with Gasteiger partial charge in [0.05, 0.1) is 5.41 Å². The minimum absolute atomic E-state index is 0.0557. The Bertz CT molecular complexity index is 297. The van der Waals surface area contributed by atoms with Crippen LogP contribution in [0.2, 0.25) is 0 Å². The fraction of sp³-hybridized carbons (Fsp3) is 0.929. The molecule has 0 saturated carbocycles. The Balaban J connectivity index is 2.53. The zero-order valence-electron chi connectivity index (χ0n) is 12.8. The van der Waals surface area contributed by atoms with Gasteiger partial charge < -0.3 is 20.7 Å².